The maximum atomic E-state index is 5.98. The predicted octanol–water partition coefficient (Wildman–Crippen LogP) is 4.00. The minimum Gasteiger partial charge on any atom is -0.397 e. The second kappa shape index (κ2) is 4.68. The molecule has 0 fully saturated rings. The van der Waals surface area contributed by atoms with Gasteiger partial charge in [-0.2, -0.15) is 0 Å². The summed E-state index contributed by atoms with van der Waals surface area (Å²) in [4.78, 5) is 2.07. The summed E-state index contributed by atoms with van der Waals surface area (Å²) in [5.41, 5.74) is 9.98. The quantitative estimate of drug-likeness (QED) is 0.812. The highest BCUT2D eigenvalue weighted by Crippen LogP contribution is 2.32. The molecular formula is C14H15ClN2. The minimum atomic E-state index is 0.657. The summed E-state index contributed by atoms with van der Waals surface area (Å²) in [5, 5.41) is 0.657. The minimum absolute atomic E-state index is 0.657. The molecule has 0 radical (unpaired) electrons. The van der Waals surface area contributed by atoms with E-state index in [1.165, 1.54) is 5.56 Å². The SMILES string of the molecule is Cc1ccccc1N(C)c1ccc(Cl)cc1N. The lowest BCUT2D eigenvalue weighted by Crippen LogP contribution is -2.12. The second-order valence-corrected chi connectivity index (χ2v) is 4.49. The number of benzene rings is 2. The molecule has 2 aromatic rings. The van der Waals surface area contributed by atoms with Gasteiger partial charge in [-0.05, 0) is 36.8 Å². The molecule has 0 aliphatic rings. The molecule has 2 rings (SSSR count). The van der Waals surface area contributed by atoms with Crippen LogP contribution in [0.3, 0.4) is 0 Å². The van der Waals surface area contributed by atoms with Crippen LogP contribution in [0.4, 0.5) is 17.1 Å². The molecule has 88 valence electrons. The molecule has 0 aliphatic heterocycles. The second-order valence-electron chi connectivity index (χ2n) is 4.05. The Morgan fingerprint density at radius 1 is 1.06 bits per heavy atom. The Labute approximate surface area is 107 Å². The van der Waals surface area contributed by atoms with E-state index >= 15 is 0 Å². The highest BCUT2D eigenvalue weighted by Gasteiger charge is 2.09. The van der Waals surface area contributed by atoms with E-state index in [0.717, 1.165) is 11.4 Å². The molecule has 2 N–H and O–H groups in total. The first-order valence-electron chi connectivity index (χ1n) is 5.44. The third-order valence-electron chi connectivity index (χ3n) is 2.83. The number of anilines is 3. The van der Waals surface area contributed by atoms with Crippen LogP contribution in [-0.4, -0.2) is 7.05 Å². The van der Waals surface area contributed by atoms with E-state index in [1.54, 1.807) is 6.07 Å². The number of para-hydroxylation sites is 1. The summed E-state index contributed by atoms with van der Waals surface area (Å²) in [6, 6.07) is 13.8. The van der Waals surface area contributed by atoms with Crippen LogP contribution in [0.25, 0.3) is 0 Å². The third kappa shape index (κ3) is 2.37. The number of hydrogen-bond donors (Lipinski definition) is 1. The molecule has 0 saturated carbocycles. The lowest BCUT2D eigenvalue weighted by molar-refractivity contribution is 1.19. The standard InChI is InChI=1S/C14H15ClN2/c1-10-5-3-4-6-13(10)17(2)14-8-7-11(15)9-12(14)16/h3-9H,16H2,1-2H3. The first-order chi connectivity index (χ1) is 8.09. The fraction of sp³-hybridized carbons (Fsp3) is 0.143. The van der Waals surface area contributed by atoms with Gasteiger partial charge in [0, 0.05) is 17.8 Å². The molecule has 0 spiro atoms. The number of nitrogens with zero attached hydrogens (tertiary/aromatic N) is 1. The number of halogens is 1. The number of nitrogen functional groups attached to an aromatic ring is 1. The molecule has 0 amide bonds. The van der Waals surface area contributed by atoms with Gasteiger partial charge in [0.15, 0.2) is 0 Å². The van der Waals surface area contributed by atoms with Crippen molar-refractivity contribution in [3.8, 4) is 0 Å². The predicted molar refractivity (Wildman–Crippen MR) is 75.1 cm³/mol. The molecule has 0 saturated heterocycles. The van der Waals surface area contributed by atoms with Crippen molar-refractivity contribution >= 4 is 28.7 Å². The lowest BCUT2D eigenvalue weighted by atomic mass is 10.1. The zero-order valence-corrected chi connectivity index (χ0v) is 10.7. The van der Waals surface area contributed by atoms with E-state index in [4.69, 9.17) is 17.3 Å². The van der Waals surface area contributed by atoms with Gasteiger partial charge in [-0.15, -0.1) is 0 Å². The van der Waals surface area contributed by atoms with E-state index in [-0.39, 0.29) is 0 Å². The average Bonchev–Trinajstić information content (AvgIpc) is 2.29. The largest absolute Gasteiger partial charge is 0.397 e. The van der Waals surface area contributed by atoms with E-state index in [1.807, 2.05) is 31.3 Å². The Hall–Kier alpha value is -1.67. The monoisotopic (exact) mass is 246 g/mol. The molecule has 0 bridgehead atoms. The van der Waals surface area contributed by atoms with Crippen molar-refractivity contribution in [1.82, 2.24) is 0 Å². The van der Waals surface area contributed by atoms with Crippen molar-refractivity contribution < 1.29 is 0 Å². The molecule has 2 nitrogen and oxygen atoms in total. The van der Waals surface area contributed by atoms with E-state index in [9.17, 15) is 0 Å². The average molecular weight is 247 g/mol. The van der Waals surface area contributed by atoms with Gasteiger partial charge in [-0.25, -0.2) is 0 Å². The first kappa shape index (κ1) is 11.8. The maximum Gasteiger partial charge on any atom is 0.0642 e. The van der Waals surface area contributed by atoms with Crippen molar-refractivity contribution in [2.24, 2.45) is 0 Å². The van der Waals surface area contributed by atoms with Gasteiger partial charge in [0.05, 0.1) is 11.4 Å². The van der Waals surface area contributed by atoms with Crippen molar-refractivity contribution in [2.75, 3.05) is 17.7 Å². The van der Waals surface area contributed by atoms with Crippen LogP contribution in [0.1, 0.15) is 5.56 Å². The van der Waals surface area contributed by atoms with Crippen molar-refractivity contribution in [3.05, 3.63) is 53.1 Å². The van der Waals surface area contributed by atoms with Crippen LogP contribution in [0.5, 0.6) is 0 Å². The highest BCUT2D eigenvalue weighted by molar-refractivity contribution is 6.31. The molecule has 0 heterocycles. The Morgan fingerprint density at radius 3 is 2.41 bits per heavy atom. The molecular weight excluding hydrogens is 232 g/mol. The van der Waals surface area contributed by atoms with Gasteiger partial charge in [0.25, 0.3) is 0 Å². The Morgan fingerprint density at radius 2 is 1.76 bits per heavy atom. The van der Waals surface area contributed by atoms with Crippen LogP contribution in [-0.2, 0) is 0 Å². The lowest BCUT2D eigenvalue weighted by Gasteiger charge is -2.23. The van der Waals surface area contributed by atoms with Crippen molar-refractivity contribution in [3.63, 3.8) is 0 Å². The van der Waals surface area contributed by atoms with Gasteiger partial charge in [0.1, 0.15) is 0 Å². The molecule has 0 aliphatic carbocycles. The summed E-state index contributed by atoms with van der Waals surface area (Å²) in [6.45, 7) is 2.08. The molecule has 0 aromatic heterocycles. The Balaban J connectivity index is 2.44. The first-order valence-corrected chi connectivity index (χ1v) is 5.82. The van der Waals surface area contributed by atoms with E-state index < -0.39 is 0 Å². The Kier molecular flexibility index (Phi) is 3.25. The summed E-state index contributed by atoms with van der Waals surface area (Å²) in [7, 11) is 2.00. The zero-order chi connectivity index (χ0) is 12.4. The molecule has 17 heavy (non-hydrogen) atoms. The van der Waals surface area contributed by atoms with Gasteiger partial charge in [-0.1, -0.05) is 29.8 Å². The fourth-order valence-electron chi connectivity index (χ4n) is 1.90. The fourth-order valence-corrected chi connectivity index (χ4v) is 2.08. The van der Waals surface area contributed by atoms with E-state index in [0.29, 0.717) is 10.7 Å². The summed E-state index contributed by atoms with van der Waals surface area (Å²) in [6.07, 6.45) is 0. The summed E-state index contributed by atoms with van der Waals surface area (Å²) < 4.78 is 0. The van der Waals surface area contributed by atoms with Crippen LogP contribution in [0, 0.1) is 6.92 Å². The topological polar surface area (TPSA) is 29.3 Å². The smallest absolute Gasteiger partial charge is 0.0642 e. The maximum absolute atomic E-state index is 5.98. The molecule has 2 aromatic carbocycles. The van der Waals surface area contributed by atoms with E-state index in [2.05, 4.69) is 24.0 Å². The van der Waals surface area contributed by atoms with Crippen molar-refractivity contribution in [1.29, 1.82) is 0 Å². The van der Waals surface area contributed by atoms with Gasteiger partial charge in [0.2, 0.25) is 0 Å². The number of hydrogen-bond acceptors (Lipinski definition) is 2. The van der Waals surface area contributed by atoms with Crippen LogP contribution >= 0.6 is 11.6 Å². The number of aryl methyl sites for hydroxylation is 1. The molecule has 0 atom stereocenters. The van der Waals surface area contributed by atoms with Gasteiger partial charge in [-0.3, -0.25) is 0 Å². The number of nitrogens with two attached hydrogens (primary N) is 1. The van der Waals surface area contributed by atoms with Gasteiger partial charge < -0.3 is 10.6 Å². The van der Waals surface area contributed by atoms with Crippen molar-refractivity contribution in [2.45, 2.75) is 6.92 Å². The number of rotatable bonds is 2. The summed E-state index contributed by atoms with van der Waals surface area (Å²) in [5.74, 6) is 0. The van der Waals surface area contributed by atoms with Crippen LogP contribution < -0.4 is 10.6 Å². The molecule has 0 unspecified atom stereocenters. The normalized spacial score (nSPS) is 10.3. The zero-order valence-electron chi connectivity index (χ0n) is 9.94. The highest BCUT2D eigenvalue weighted by atomic mass is 35.5. The molecule has 3 heteroatoms. The Bertz CT molecular complexity index is 537. The van der Waals surface area contributed by atoms with Gasteiger partial charge >= 0.3 is 0 Å². The summed E-state index contributed by atoms with van der Waals surface area (Å²) >= 11 is 5.90. The third-order valence-corrected chi connectivity index (χ3v) is 3.06. The van der Waals surface area contributed by atoms with Crippen LogP contribution in [0.2, 0.25) is 5.02 Å². The van der Waals surface area contributed by atoms with Crippen LogP contribution in [0.15, 0.2) is 42.5 Å².